The molecule has 0 aromatic heterocycles. The molecule has 0 heterocycles. The molecule has 346 valence electrons. The van der Waals surface area contributed by atoms with Crippen LogP contribution in [-0.4, -0.2) is 46.9 Å². The highest BCUT2D eigenvalue weighted by atomic mass is 16.5. The average molecular weight is 830 g/mol. The van der Waals surface area contributed by atoms with E-state index < -0.39 is 18.2 Å². The Kier molecular flexibility index (Phi) is 45.6. The Balaban J connectivity index is 4.59. The third-order valence-electron chi connectivity index (χ3n) is 11.7. The molecular weight excluding hydrogens is 731 g/mol. The number of carbonyl (C=O) groups is 2. The summed E-state index contributed by atoms with van der Waals surface area (Å²) in [4.78, 5) is 26.1. The zero-order chi connectivity index (χ0) is 43.1. The van der Waals surface area contributed by atoms with Crippen molar-refractivity contribution in [3.05, 3.63) is 36.5 Å². The summed E-state index contributed by atoms with van der Waals surface area (Å²) in [5, 5.41) is 23.7. The number of aliphatic hydroxyl groups excluding tert-OH is 2. The summed E-state index contributed by atoms with van der Waals surface area (Å²) in [7, 11) is 0. The Morgan fingerprint density at radius 2 is 0.915 bits per heavy atom. The van der Waals surface area contributed by atoms with E-state index in [9.17, 15) is 19.8 Å². The Labute approximate surface area is 366 Å². The van der Waals surface area contributed by atoms with Crippen LogP contribution in [0.2, 0.25) is 0 Å². The van der Waals surface area contributed by atoms with Gasteiger partial charge >= 0.3 is 5.97 Å². The SMILES string of the molecule is CC/C=C/C/C=C/C/C=C/CCCCCCC(CC(=O)NC(CO)C(O)CCCCCCCCCCCCCC)OC(=O)CCCCCCCCCCCCCCCC. The number of nitrogens with one attached hydrogen (secondary N) is 1. The second-order valence-corrected chi connectivity index (χ2v) is 17.5. The van der Waals surface area contributed by atoms with Gasteiger partial charge in [-0.2, -0.15) is 0 Å². The van der Waals surface area contributed by atoms with Crippen LogP contribution in [0.4, 0.5) is 0 Å². The number of aliphatic hydroxyl groups is 2. The quantitative estimate of drug-likeness (QED) is 0.0323. The minimum Gasteiger partial charge on any atom is -0.462 e. The molecule has 0 spiro atoms. The number of rotatable bonds is 46. The maximum atomic E-state index is 13.2. The molecule has 0 radical (unpaired) electrons. The third-order valence-corrected chi connectivity index (χ3v) is 11.7. The molecule has 0 rings (SSSR count). The van der Waals surface area contributed by atoms with Crippen molar-refractivity contribution in [1.29, 1.82) is 0 Å². The monoisotopic (exact) mass is 830 g/mol. The number of esters is 1. The maximum Gasteiger partial charge on any atom is 0.306 e. The Morgan fingerprint density at radius 1 is 0.508 bits per heavy atom. The summed E-state index contributed by atoms with van der Waals surface area (Å²) in [6.45, 7) is 6.37. The largest absolute Gasteiger partial charge is 0.462 e. The second-order valence-electron chi connectivity index (χ2n) is 17.5. The molecular formula is C53H99NO5. The predicted octanol–water partition coefficient (Wildman–Crippen LogP) is 15.3. The van der Waals surface area contributed by atoms with E-state index in [2.05, 4.69) is 62.5 Å². The Bertz CT molecular complexity index is 977. The van der Waals surface area contributed by atoms with E-state index in [-0.39, 0.29) is 24.9 Å². The van der Waals surface area contributed by atoms with E-state index >= 15 is 0 Å². The number of amides is 1. The van der Waals surface area contributed by atoms with Crippen molar-refractivity contribution in [2.75, 3.05) is 6.61 Å². The highest BCUT2D eigenvalue weighted by molar-refractivity contribution is 5.77. The number of carbonyl (C=O) groups excluding carboxylic acids is 2. The molecule has 0 aromatic rings. The van der Waals surface area contributed by atoms with Gasteiger partial charge in [0.2, 0.25) is 5.91 Å². The molecule has 0 aliphatic heterocycles. The van der Waals surface area contributed by atoms with E-state index in [0.29, 0.717) is 19.3 Å². The van der Waals surface area contributed by atoms with Gasteiger partial charge in [0.25, 0.3) is 0 Å². The molecule has 6 nitrogen and oxygen atoms in total. The first-order valence-corrected chi connectivity index (χ1v) is 25.7. The van der Waals surface area contributed by atoms with Gasteiger partial charge in [0, 0.05) is 6.42 Å². The number of unbranched alkanes of at least 4 members (excludes halogenated alkanes) is 28. The lowest BCUT2D eigenvalue weighted by Crippen LogP contribution is -2.46. The molecule has 6 heteroatoms. The molecule has 59 heavy (non-hydrogen) atoms. The Morgan fingerprint density at radius 3 is 1.39 bits per heavy atom. The van der Waals surface area contributed by atoms with Crippen LogP contribution >= 0.6 is 0 Å². The van der Waals surface area contributed by atoms with Crippen LogP contribution in [-0.2, 0) is 14.3 Å². The molecule has 0 aromatic carbocycles. The predicted molar refractivity (Wildman–Crippen MR) is 255 cm³/mol. The lowest BCUT2D eigenvalue weighted by Gasteiger charge is -2.24. The highest BCUT2D eigenvalue weighted by Crippen LogP contribution is 2.18. The molecule has 0 bridgehead atoms. The molecule has 0 saturated carbocycles. The van der Waals surface area contributed by atoms with Crippen molar-refractivity contribution in [3.63, 3.8) is 0 Å². The number of ether oxygens (including phenoxy) is 1. The van der Waals surface area contributed by atoms with Crippen molar-refractivity contribution >= 4 is 11.9 Å². The fourth-order valence-electron chi connectivity index (χ4n) is 7.86. The van der Waals surface area contributed by atoms with E-state index in [4.69, 9.17) is 4.74 Å². The van der Waals surface area contributed by atoms with Gasteiger partial charge in [-0.05, 0) is 57.8 Å². The van der Waals surface area contributed by atoms with Crippen molar-refractivity contribution in [2.24, 2.45) is 0 Å². The molecule has 0 saturated heterocycles. The van der Waals surface area contributed by atoms with Crippen LogP contribution in [0, 0.1) is 0 Å². The average Bonchev–Trinajstić information content (AvgIpc) is 3.23. The minimum atomic E-state index is -0.790. The standard InChI is InChI=1S/C53H99NO5/c1-4-7-10-13-16-19-22-25-27-29-32-35-38-41-44-49(59-53(58)46-43-40-37-34-31-28-26-23-20-17-14-11-8-5-2)47-52(57)54-50(48-55)51(56)45-42-39-36-33-30-24-21-18-15-12-9-6-3/h7,10,16,19,25,27,49-51,55-56H,4-6,8-9,11-15,17-18,20-24,26,28-48H2,1-3H3,(H,54,57)/b10-7+,19-16+,27-25+. The van der Waals surface area contributed by atoms with Crippen LogP contribution in [0.25, 0.3) is 0 Å². The van der Waals surface area contributed by atoms with Crippen molar-refractivity contribution in [2.45, 2.75) is 283 Å². The van der Waals surface area contributed by atoms with Crippen LogP contribution < -0.4 is 5.32 Å². The van der Waals surface area contributed by atoms with E-state index in [1.807, 2.05) is 0 Å². The summed E-state index contributed by atoms with van der Waals surface area (Å²) < 4.78 is 5.93. The zero-order valence-corrected chi connectivity index (χ0v) is 39.4. The summed E-state index contributed by atoms with van der Waals surface area (Å²) in [5.41, 5.74) is 0. The Hall–Kier alpha value is -1.92. The number of allylic oxidation sites excluding steroid dienone is 6. The third kappa shape index (κ3) is 42.6. The lowest BCUT2D eigenvalue weighted by atomic mass is 10.0. The number of hydrogen-bond donors (Lipinski definition) is 3. The first kappa shape index (κ1) is 57.1. The van der Waals surface area contributed by atoms with Crippen LogP contribution in [0.1, 0.15) is 265 Å². The number of hydrogen-bond acceptors (Lipinski definition) is 5. The van der Waals surface area contributed by atoms with Gasteiger partial charge in [0.15, 0.2) is 0 Å². The van der Waals surface area contributed by atoms with Crippen molar-refractivity contribution in [1.82, 2.24) is 5.32 Å². The van der Waals surface area contributed by atoms with Crippen LogP contribution in [0.15, 0.2) is 36.5 Å². The normalized spacial score (nSPS) is 13.5. The molecule has 0 fully saturated rings. The van der Waals surface area contributed by atoms with Gasteiger partial charge < -0.3 is 20.3 Å². The van der Waals surface area contributed by atoms with E-state index in [0.717, 1.165) is 89.9 Å². The fraction of sp³-hybridized carbons (Fsp3) is 0.849. The summed E-state index contributed by atoms with van der Waals surface area (Å²) in [5.74, 6) is -0.485. The lowest BCUT2D eigenvalue weighted by molar-refractivity contribution is -0.151. The molecule has 3 N–H and O–H groups in total. The summed E-state index contributed by atoms with van der Waals surface area (Å²) in [6.07, 6.45) is 54.9. The molecule has 0 aliphatic rings. The molecule has 0 aliphatic carbocycles. The molecule has 3 unspecified atom stereocenters. The fourth-order valence-corrected chi connectivity index (χ4v) is 7.86. The van der Waals surface area contributed by atoms with Gasteiger partial charge in [-0.1, -0.05) is 231 Å². The van der Waals surface area contributed by atoms with Gasteiger partial charge in [0.1, 0.15) is 6.10 Å². The topological polar surface area (TPSA) is 95.9 Å². The van der Waals surface area contributed by atoms with E-state index in [1.54, 1.807) is 0 Å². The highest BCUT2D eigenvalue weighted by Gasteiger charge is 2.24. The van der Waals surface area contributed by atoms with Crippen LogP contribution in [0.3, 0.4) is 0 Å². The van der Waals surface area contributed by atoms with Gasteiger partial charge in [0.05, 0.1) is 25.2 Å². The zero-order valence-electron chi connectivity index (χ0n) is 39.4. The van der Waals surface area contributed by atoms with Gasteiger partial charge in [-0.25, -0.2) is 0 Å². The van der Waals surface area contributed by atoms with Crippen molar-refractivity contribution in [3.8, 4) is 0 Å². The second kappa shape index (κ2) is 47.1. The summed E-state index contributed by atoms with van der Waals surface area (Å²) in [6, 6.07) is -0.705. The van der Waals surface area contributed by atoms with Crippen molar-refractivity contribution < 1.29 is 24.5 Å². The summed E-state index contributed by atoms with van der Waals surface area (Å²) >= 11 is 0. The smallest absolute Gasteiger partial charge is 0.306 e. The first-order chi connectivity index (χ1) is 29.0. The first-order valence-electron chi connectivity index (χ1n) is 25.7. The van der Waals surface area contributed by atoms with Gasteiger partial charge in [-0.15, -0.1) is 0 Å². The van der Waals surface area contributed by atoms with E-state index in [1.165, 1.54) is 128 Å². The maximum absolute atomic E-state index is 13.2. The van der Waals surface area contributed by atoms with Crippen LogP contribution in [0.5, 0.6) is 0 Å². The molecule has 3 atom stereocenters. The molecule has 1 amide bonds. The van der Waals surface area contributed by atoms with Gasteiger partial charge in [-0.3, -0.25) is 9.59 Å². The minimum absolute atomic E-state index is 0.0663.